The van der Waals surface area contributed by atoms with Gasteiger partial charge in [0.25, 0.3) is 0 Å². The molecular weight excluding hydrogens is 322 g/mol. The van der Waals surface area contributed by atoms with Crippen LogP contribution >= 0.6 is 11.3 Å². The summed E-state index contributed by atoms with van der Waals surface area (Å²) in [5.74, 6) is 0.444. The lowest BCUT2D eigenvalue weighted by atomic mass is 9.77. The first-order chi connectivity index (χ1) is 11.6. The largest absolute Gasteiger partial charge is 0.497 e. The molecule has 2 aromatic rings. The molecule has 0 aliphatic heterocycles. The van der Waals surface area contributed by atoms with Gasteiger partial charge in [0.1, 0.15) is 16.7 Å². The van der Waals surface area contributed by atoms with E-state index < -0.39 is 5.92 Å². The number of aryl methyl sites for hydroxylation is 1. The number of nitrogens with zero attached hydrogens (tertiary/aromatic N) is 1. The summed E-state index contributed by atoms with van der Waals surface area (Å²) in [4.78, 5) is 31.1. The molecule has 2 fully saturated rings. The molecule has 4 nitrogen and oxygen atoms in total. The molecule has 0 N–H and O–H groups in total. The van der Waals surface area contributed by atoms with E-state index >= 15 is 0 Å². The zero-order valence-electron chi connectivity index (χ0n) is 13.7. The molecule has 5 heteroatoms. The van der Waals surface area contributed by atoms with Crippen molar-refractivity contribution in [2.75, 3.05) is 7.11 Å². The molecule has 124 valence electrons. The SMILES string of the molecule is COc1ccc(-c2nc(C3C(=O)[C@@H]4CC[C@@H](C4)C3=O)c(C)s2)cc1. The molecular formula is C19H19NO3S. The number of carbonyl (C=O) groups is 2. The number of aromatic nitrogens is 1. The van der Waals surface area contributed by atoms with Gasteiger partial charge < -0.3 is 4.74 Å². The van der Waals surface area contributed by atoms with Crippen LogP contribution in [0.3, 0.4) is 0 Å². The molecule has 0 spiro atoms. The van der Waals surface area contributed by atoms with Crippen molar-refractivity contribution in [3.8, 4) is 16.3 Å². The average molecular weight is 341 g/mol. The topological polar surface area (TPSA) is 56.3 Å². The maximum absolute atomic E-state index is 12.7. The number of hydrogen-bond acceptors (Lipinski definition) is 5. The number of ketones is 2. The highest BCUT2D eigenvalue weighted by atomic mass is 32.1. The van der Waals surface area contributed by atoms with Crippen LogP contribution in [0.5, 0.6) is 5.75 Å². The van der Waals surface area contributed by atoms with Gasteiger partial charge in [0.15, 0.2) is 11.6 Å². The fraction of sp³-hybridized carbons (Fsp3) is 0.421. The van der Waals surface area contributed by atoms with Crippen LogP contribution in [-0.4, -0.2) is 23.7 Å². The van der Waals surface area contributed by atoms with E-state index in [1.54, 1.807) is 18.4 Å². The van der Waals surface area contributed by atoms with E-state index in [9.17, 15) is 9.59 Å². The van der Waals surface area contributed by atoms with Crippen LogP contribution < -0.4 is 4.74 Å². The van der Waals surface area contributed by atoms with Gasteiger partial charge in [0.2, 0.25) is 0 Å². The summed E-state index contributed by atoms with van der Waals surface area (Å²) in [6, 6.07) is 7.69. The highest BCUT2D eigenvalue weighted by molar-refractivity contribution is 7.15. The molecule has 1 unspecified atom stereocenters. The molecule has 0 radical (unpaired) electrons. The molecule has 24 heavy (non-hydrogen) atoms. The van der Waals surface area contributed by atoms with E-state index in [4.69, 9.17) is 9.72 Å². The summed E-state index contributed by atoms with van der Waals surface area (Å²) in [6.45, 7) is 1.96. The van der Waals surface area contributed by atoms with Crippen LogP contribution in [0.2, 0.25) is 0 Å². The number of benzene rings is 1. The van der Waals surface area contributed by atoms with Crippen LogP contribution in [0.1, 0.15) is 35.8 Å². The average Bonchev–Trinajstić information content (AvgIpc) is 3.20. The highest BCUT2D eigenvalue weighted by Gasteiger charge is 2.48. The Morgan fingerprint density at radius 3 is 2.29 bits per heavy atom. The Bertz CT molecular complexity index is 787. The summed E-state index contributed by atoms with van der Waals surface area (Å²) in [5.41, 5.74) is 1.66. The standard InChI is InChI=1S/C19H19NO3S/c1-10-16(15-17(21)12-3-4-13(9-12)18(15)22)20-19(24-10)11-5-7-14(23-2)8-6-11/h5-8,12-13,15H,3-4,9H2,1-2H3/t12-,13+,15?. The Morgan fingerprint density at radius 2 is 1.71 bits per heavy atom. The Balaban J connectivity index is 1.70. The minimum atomic E-state index is -0.639. The number of carbonyl (C=O) groups excluding carboxylic acids is 2. The molecule has 3 atom stereocenters. The van der Waals surface area contributed by atoms with Gasteiger partial charge in [-0.15, -0.1) is 11.3 Å². The zero-order valence-corrected chi connectivity index (χ0v) is 14.6. The number of ether oxygens (including phenoxy) is 1. The van der Waals surface area contributed by atoms with E-state index in [2.05, 4.69) is 0 Å². The molecule has 1 aromatic carbocycles. The monoisotopic (exact) mass is 341 g/mol. The van der Waals surface area contributed by atoms with Crippen molar-refractivity contribution in [2.24, 2.45) is 11.8 Å². The second kappa shape index (κ2) is 5.81. The fourth-order valence-corrected chi connectivity index (χ4v) is 4.87. The summed E-state index contributed by atoms with van der Waals surface area (Å²) >= 11 is 1.55. The minimum absolute atomic E-state index is 0.0586. The number of thiazole rings is 1. The van der Waals surface area contributed by atoms with E-state index in [1.165, 1.54) is 0 Å². The third-order valence-electron chi connectivity index (χ3n) is 5.25. The lowest BCUT2D eigenvalue weighted by Gasteiger charge is -2.24. The van der Waals surface area contributed by atoms with E-state index in [0.29, 0.717) is 5.69 Å². The van der Waals surface area contributed by atoms with E-state index in [0.717, 1.165) is 40.5 Å². The summed E-state index contributed by atoms with van der Waals surface area (Å²) in [7, 11) is 1.63. The summed E-state index contributed by atoms with van der Waals surface area (Å²) in [5, 5.41) is 0.851. The first-order valence-corrected chi connectivity index (χ1v) is 9.09. The third kappa shape index (κ3) is 2.38. The van der Waals surface area contributed by atoms with Gasteiger partial charge in [0.05, 0.1) is 12.8 Å². The second-order valence-corrected chi connectivity index (χ2v) is 7.84. The Kier molecular flexibility index (Phi) is 3.76. The third-order valence-corrected chi connectivity index (χ3v) is 6.28. The smallest absolute Gasteiger partial charge is 0.152 e. The van der Waals surface area contributed by atoms with Crippen LogP contribution in [-0.2, 0) is 9.59 Å². The Hall–Kier alpha value is -2.01. The second-order valence-electron chi connectivity index (χ2n) is 6.63. The normalized spacial score (nSPS) is 26.0. The van der Waals surface area contributed by atoms with Crippen molar-refractivity contribution in [3.63, 3.8) is 0 Å². The van der Waals surface area contributed by atoms with Crippen molar-refractivity contribution in [1.82, 2.24) is 4.98 Å². The van der Waals surface area contributed by atoms with Crippen LogP contribution in [0.25, 0.3) is 10.6 Å². The molecule has 4 rings (SSSR count). The molecule has 2 aliphatic carbocycles. The van der Waals surface area contributed by atoms with Gasteiger partial charge in [-0.25, -0.2) is 4.98 Å². The predicted octanol–water partition coefficient (Wildman–Crippen LogP) is 3.78. The van der Waals surface area contributed by atoms with Crippen molar-refractivity contribution in [1.29, 1.82) is 0 Å². The molecule has 1 aromatic heterocycles. The number of rotatable bonds is 3. The van der Waals surface area contributed by atoms with Crippen LogP contribution in [0.4, 0.5) is 0 Å². The van der Waals surface area contributed by atoms with Crippen molar-refractivity contribution >= 4 is 22.9 Å². The van der Waals surface area contributed by atoms with Crippen molar-refractivity contribution in [2.45, 2.75) is 32.1 Å². The molecule has 2 bridgehead atoms. The lowest BCUT2D eigenvalue weighted by Crippen LogP contribution is -2.35. The van der Waals surface area contributed by atoms with E-state index in [-0.39, 0.29) is 23.4 Å². The van der Waals surface area contributed by atoms with Gasteiger partial charge in [-0.3, -0.25) is 9.59 Å². The van der Waals surface area contributed by atoms with Crippen molar-refractivity contribution in [3.05, 3.63) is 34.8 Å². The molecule has 0 amide bonds. The van der Waals surface area contributed by atoms with Gasteiger partial charge in [-0.05, 0) is 50.5 Å². The quantitative estimate of drug-likeness (QED) is 0.797. The molecule has 0 saturated heterocycles. The first kappa shape index (κ1) is 15.5. The fourth-order valence-electron chi connectivity index (χ4n) is 3.91. The molecule has 2 aliphatic rings. The Morgan fingerprint density at radius 1 is 1.08 bits per heavy atom. The summed E-state index contributed by atoms with van der Waals surface area (Å²) < 4.78 is 5.18. The van der Waals surface area contributed by atoms with Gasteiger partial charge in [-0.2, -0.15) is 0 Å². The number of methoxy groups -OCH3 is 1. The Labute approximate surface area is 144 Å². The molecule has 1 heterocycles. The van der Waals surface area contributed by atoms with Crippen LogP contribution in [0, 0.1) is 18.8 Å². The van der Waals surface area contributed by atoms with Gasteiger partial charge in [0, 0.05) is 22.3 Å². The number of Topliss-reactive ketones (excluding diaryl/α,β-unsaturated/α-hetero) is 2. The lowest BCUT2D eigenvalue weighted by molar-refractivity contribution is -0.136. The van der Waals surface area contributed by atoms with Gasteiger partial charge >= 0.3 is 0 Å². The maximum Gasteiger partial charge on any atom is 0.152 e. The maximum atomic E-state index is 12.7. The van der Waals surface area contributed by atoms with Gasteiger partial charge in [-0.1, -0.05) is 0 Å². The highest BCUT2D eigenvalue weighted by Crippen LogP contribution is 2.45. The minimum Gasteiger partial charge on any atom is -0.497 e. The zero-order chi connectivity index (χ0) is 16.8. The molecule has 2 saturated carbocycles. The van der Waals surface area contributed by atoms with Crippen LogP contribution in [0.15, 0.2) is 24.3 Å². The van der Waals surface area contributed by atoms with E-state index in [1.807, 2.05) is 31.2 Å². The first-order valence-electron chi connectivity index (χ1n) is 8.27. The number of hydrogen-bond donors (Lipinski definition) is 0. The van der Waals surface area contributed by atoms with Crippen molar-refractivity contribution < 1.29 is 14.3 Å². The summed E-state index contributed by atoms with van der Waals surface area (Å²) in [6.07, 6.45) is 2.48. The predicted molar refractivity (Wildman–Crippen MR) is 92.4 cm³/mol. The number of fused-ring (bicyclic) bond motifs is 2.